The summed E-state index contributed by atoms with van der Waals surface area (Å²) in [5, 5.41) is 8.69. The van der Waals surface area contributed by atoms with E-state index >= 15 is 0 Å². The quantitative estimate of drug-likeness (QED) is 0.941. The number of hydrogen-bond donors (Lipinski definition) is 1. The number of hydrogen-bond acceptors (Lipinski definition) is 2. The minimum absolute atomic E-state index is 0.126. The second kappa shape index (κ2) is 4.25. The van der Waals surface area contributed by atoms with Crippen LogP contribution >= 0.6 is 15.9 Å². The van der Waals surface area contributed by atoms with Crippen LogP contribution in [-0.4, -0.2) is 20.5 Å². The van der Waals surface area contributed by atoms with E-state index in [1.165, 1.54) is 0 Å². The van der Waals surface area contributed by atoms with E-state index < -0.39 is 5.97 Å². The van der Waals surface area contributed by atoms with Crippen LogP contribution in [0, 0.1) is 6.92 Å². The maximum absolute atomic E-state index is 10.6. The molecule has 2 heterocycles. The lowest BCUT2D eigenvalue weighted by Crippen LogP contribution is -2.01. The van der Waals surface area contributed by atoms with Crippen molar-refractivity contribution in [1.29, 1.82) is 0 Å². The van der Waals surface area contributed by atoms with Gasteiger partial charge in [-0.3, -0.25) is 4.79 Å². The van der Waals surface area contributed by atoms with Crippen LogP contribution < -0.4 is 0 Å². The van der Waals surface area contributed by atoms with Gasteiger partial charge in [-0.2, -0.15) is 0 Å². The highest BCUT2D eigenvalue weighted by atomic mass is 79.9. The largest absolute Gasteiger partial charge is 0.481 e. The van der Waals surface area contributed by atoms with E-state index in [0.717, 1.165) is 21.5 Å². The molecule has 2 rings (SSSR count). The van der Waals surface area contributed by atoms with E-state index in [0.29, 0.717) is 6.42 Å². The molecule has 1 N–H and O–H groups in total. The van der Waals surface area contributed by atoms with E-state index in [1.807, 2.05) is 29.7 Å². The number of aromatic nitrogens is 2. The van der Waals surface area contributed by atoms with Crippen LogP contribution in [0.2, 0.25) is 0 Å². The van der Waals surface area contributed by atoms with Gasteiger partial charge in [0, 0.05) is 18.3 Å². The first-order chi connectivity index (χ1) is 7.59. The Morgan fingerprint density at radius 1 is 1.62 bits per heavy atom. The van der Waals surface area contributed by atoms with Crippen molar-refractivity contribution in [2.24, 2.45) is 0 Å². The number of carboxylic acid groups (broad SMARTS) is 1. The SMILES string of the molecule is Cc1nc2c(Br)cccn2c1CCC(=O)O. The summed E-state index contributed by atoms with van der Waals surface area (Å²) in [4.78, 5) is 15.0. The maximum atomic E-state index is 10.6. The lowest BCUT2D eigenvalue weighted by atomic mass is 10.2. The Morgan fingerprint density at radius 3 is 3.06 bits per heavy atom. The molecule has 4 nitrogen and oxygen atoms in total. The average molecular weight is 283 g/mol. The van der Waals surface area contributed by atoms with Crippen molar-refractivity contribution in [1.82, 2.24) is 9.38 Å². The lowest BCUT2D eigenvalue weighted by molar-refractivity contribution is -0.136. The van der Waals surface area contributed by atoms with E-state index in [2.05, 4.69) is 20.9 Å². The van der Waals surface area contributed by atoms with Gasteiger partial charge in [-0.05, 0) is 35.0 Å². The van der Waals surface area contributed by atoms with Crippen LogP contribution in [0.4, 0.5) is 0 Å². The molecule has 0 atom stereocenters. The highest BCUT2D eigenvalue weighted by molar-refractivity contribution is 9.10. The third kappa shape index (κ3) is 1.95. The van der Waals surface area contributed by atoms with Crippen LogP contribution in [0.3, 0.4) is 0 Å². The molecule has 0 aromatic carbocycles. The van der Waals surface area contributed by atoms with Gasteiger partial charge in [0.2, 0.25) is 0 Å². The van der Waals surface area contributed by atoms with Gasteiger partial charge in [0.15, 0.2) is 5.65 Å². The number of halogens is 1. The minimum Gasteiger partial charge on any atom is -0.481 e. The van der Waals surface area contributed by atoms with Gasteiger partial charge in [-0.25, -0.2) is 4.98 Å². The third-order valence-corrected chi connectivity index (χ3v) is 3.10. The van der Waals surface area contributed by atoms with Crippen molar-refractivity contribution in [3.05, 3.63) is 34.2 Å². The molecule has 0 aliphatic heterocycles. The van der Waals surface area contributed by atoms with E-state index in [4.69, 9.17) is 5.11 Å². The van der Waals surface area contributed by atoms with Crippen molar-refractivity contribution in [2.45, 2.75) is 19.8 Å². The van der Waals surface area contributed by atoms with Crippen LogP contribution in [0.5, 0.6) is 0 Å². The number of nitrogens with zero attached hydrogens (tertiary/aromatic N) is 2. The molecule has 0 amide bonds. The van der Waals surface area contributed by atoms with Crippen LogP contribution in [-0.2, 0) is 11.2 Å². The zero-order chi connectivity index (χ0) is 11.7. The number of aryl methyl sites for hydroxylation is 2. The van der Waals surface area contributed by atoms with Crippen LogP contribution in [0.25, 0.3) is 5.65 Å². The normalized spacial score (nSPS) is 10.9. The maximum Gasteiger partial charge on any atom is 0.303 e. The molecule has 0 unspecified atom stereocenters. The van der Waals surface area contributed by atoms with E-state index in [1.54, 1.807) is 0 Å². The highest BCUT2D eigenvalue weighted by Gasteiger charge is 2.11. The van der Waals surface area contributed by atoms with Gasteiger partial charge in [-0.1, -0.05) is 0 Å². The molecule has 0 radical (unpaired) electrons. The average Bonchev–Trinajstić information content (AvgIpc) is 2.53. The summed E-state index contributed by atoms with van der Waals surface area (Å²) >= 11 is 3.42. The Balaban J connectivity index is 2.48. The zero-order valence-corrected chi connectivity index (χ0v) is 10.4. The van der Waals surface area contributed by atoms with Crippen molar-refractivity contribution < 1.29 is 9.90 Å². The number of carbonyl (C=O) groups is 1. The summed E-state index contributed by atoms with van der Waals surface area (Å²) in [6.07, 6.45) is 2.53. The molecule has 16 heavy (non-hydrogen) atoms. The van der Waals surface area contributed by atoms with Crippen molar-refractivity contribution in [3.8, 4) is 0 Å². The molecule has 5 heteroatoms. The molecule has 0 aliphatic rings. The van der Waals surface area contributed by atoms with E-state index in [-0.39, 0.29) is 6.42 Å². The number of rotatable bonds is 3. The van der Waals surface area contributed by atoms with Gasteiger partial charge in [0.1, 0.15) is 0 Å². The van der Waals surface area contributed by atoms with Crippen molar-refractivity contribution in [3.63, 3.8) is 0 Å². The Kier molecular flexibility index (Phi) is 2.96. The van der Waals surface area contributed by atoms with Crippen molar-refractivity contribution in [2.75, 3.05) is 0 Å². The highest BCUT2D eigenvalue weighted by Crippen LogP contribution is 2.20. The number of fused-ring (bicyclic) bond motifs is 1. The predicted molar refractivity (Wildman–Crippen MR) is 63.6 cm³/mol. The standard InChI is InChI=1S/C11H11BrN2O2/c1-7-9(4-5-10(15)16)14-6-2-3-8(12)11(14)13-7/h2-3,6H,4-5H2,1H3,(H,15,16). The smallest absolute Gasteiger partial charge is 0.303 e. The van der Waals surface area contributed by atoms with Crippen LogP contribution in [0.1, 0.15) is 17.8 Å². The fourth-order valence-electron chi connectivity index (χ4n) is 1.72. The fourth-order valence-corrected chi connectivity index (χ4v) is 2.16. The molecular formula is C11H11BrN2O2. The predicted octanol–water partition coefficient (Wildman–Crippen LogP) is 2.42. The monoisotopic (exact) mass is 282 g/mol. The Labute approximate surface area is 101 Å². The summed E-state index contributed by atoms with van der Waals surface area (Å²) in [5.74, 6) is -0.788. The fraction of sp³-hybridized carbons (Fsp3) is 0.273. The summed E-state index contributed by atoms with van der Waals surface area (Å²) in [6, 6.07) is 3.82. The summed E-state index contributed by atoms with van der Waals surface area (Å²) < 4.78 is 2.85. The molecular weight excluding hydrogens is 272 g/mol. The summed E-state index contributed by atoms with van der Waals surface area (Å²) in [6.45, 7) is 1.90. The van der Waals surface area contributed by atoms with Gasteiger partial charge < -0.3 is 9.51 Å². The van der Waals surface area contributed by atoms with E-state index in [9.17, 15) is 4.79 Å². The summed E-state index contributed by atoms with van der Waals surface area (Å²) in [5.41, 5.74) is 2.67. The Hall–Kier alpha value is -1.36. The van der Waals surface area contributed by atoms with Crippen molar-refractivity contribution >= 4 is 27.5 Å². The number of aliphatic carboxylic acids is 1. The molecule has 2 aromatic heterocycles. The molecule has 0 saturated carbocycles. The van der Waals surface area contributed by atoms with Gasteiger partial charge >= 0.3 is 5.97 Å². The second-order valence-corrected chi connectivity index (χ2v) is 4.44. The molecule has 0 spiro atoms. The molecule has 0 saturated heterocycles. The zero-order valence-electron chi connectivity index (χ0n) is 8.77. The third-order valence-electron chi connectivity index (χ3n) is 2.48. The topological polar surface area (TPSA) is 54.6 Å². The lowest BCUT2D eigenvalue weighted by Gasteiger charge is -2.01. The molecule has 0 fully saturated rings. The number of carboxylic acids is 1. The van der Waals surface area contributed by atoms with Gasteiger partial charge in [0.25, 0.3) is 0 Å². The molecule has 84 valence electrons. The number of pyridine rings is 1. The van der Waals surface area contributed by atoms with Gasteiger partial charge in [-0.15, -0.1) is 0 Å². The first kappa shape index (κ1) is 11.1. The molecule has 0 aliphatic carbocycles. The second-order valence-electron chi connectivity index (χ2n) is 3.59. The minimum atomic E-state index is -0.788. The van der Waals surface area contributed by atoms with Crippen LogP contribution in [0.15, 0.2) is 22.8 Å². The Morgan fingerprint density at radius 2 is 2.38 bits per heavy atom. The summed E-state index contributed by atoms with van der Waals surface area (Å²) in [7, 11) is 0. The molecule has 0 bridgehead atoms. The molecule has 2 aromatic rings. The first-order valence-corrected chi connectivity index (χ1v) is 5.72. The first-order valence-electron chi connectivity index (χ1n) is 4.93. The van der Waals surface area contributed by atoms with Gasteiger partial charge in [0.05, 0.1) is 16.6 Å². The Bertz CT molecular complexity index is 548. The number of imidazole rings is 1.